The van der Waals surface area contributed by atoms with Crippen molar-refractivity contribution in [1.82, 2.24) is 9.62 Å². The molecule has 4 rings (SSSR count). The summed E-state index contributed by atoms with van der Waals surface area (Å²) in [5.74, 6) is 0.621. The van der Waals surface area contributed by atoms with Crippen molar-refractivity contribution in [3.05, 3.63) is 53.1 Å². The van der Waals surface area contributed by atoms with Gasteiger partial charge in [0.2, 0.25) is 16.1 Å². The summed E-state index contributed by atoms with van der Waals surface area (Å²) >= 11 is 5.87. The molecule has 7 nitrogen and oxygen atoms in total. The first-order valence-corrected chi connectivity index (χ1v) is 12.2. The smallest absolute Gasteiger partial charge is 0.267 e. The van der Waals surface area contributed by atoms with Crippen molar-refractivity contribution >= 4 is 27.5 Å². The Morgan fingerprint density at radius 1 is 1.06 bits per heavy atom. The van der Waals surface area contributed by atoms with Crippen molar-refractivity contribution in [2.45, 2.75) is 36.7 Å². The highest BCUT2D eigenvalue weighted by Gasteiger charge is 2.32. The minimum Gasteiger partial charge on any atom is -0.485 e. The monoisotopic (exact) mass is 464 g/mol. The van der Waals surface area contributed by atoms with Gasteiger partial charge in [0.25, 0.3) is 5.91 Å². The quantitative estimate of drug-likeness (QED) is 0.710. The molecule has 0 radical (unpaired) electrons. The summed E-state index contributed by atoms with van der Waals surface area (Å²) in [5, 5.41) is 0.639. The molecule has 1 fully saturated rings. The van der Waals surface area contributed by atoms with Crippen LogP contribution in [0.15, 0.2) is 47.4 Å². The zero-order chi connectivity index (χ0) is 21.8. The zero-order valence-electron chi connectivity index (χ0n) is 17.1. The number of hydrogen-bond acceptors (Lipinski definition) is 5. The standard InChI is InChI=1S/C22H25ClN2O5S/c23-17-6-4-16(5-7-17)10-11-24-31(27,28)18-8-9-19-20(14-18)29-15-21(30-19)22(26)25-12-2-1-3-13-25/h4-9,14,21,24H,1-3,10-13,15H2/t21-/m0/s1. The maximum absolute atomic E-state index is 12.7. The van der Waals surface area contributed by atoms with Crippen molar-refractivity contribution in [2.75, 3.05) is 26.2 Å². The number of ether oxygens (including phenoxy) is 2. The number of halogens is 1. The van der Waals surface area contributed by atoms with Gasteiger partial charge in [0.15, 0.2) is 11.5 Å². The fraction of sp³-hybridized carbons (Fsp3) is 0.409. The molecule has 0 unspecified atom stereocenters. The third-order valence-corrected chi connectivity index (χ3v) is 7.16. The molecule has 0 aliphatic carbocycles. The molecule has 0 aromatic heterocycles. The summed E-state index contributed by atoms with van der Waals surface area (Å²) in [7, 11) is -3.71. The fourth-order valence-corrected chi connectivity index (χ4v) is 4.90. The van der Waals surface area contributed by atoms with Gasteiger partial charge in [-0.2, -0.15) is 0 Å². The van der Waals surface area contributed by atoms with E-state index in [4.69, 9.17) is 21.1 Å². The Morgan fingerprint density at radius 2 is 1.81 bits per heavy atom. The van der Waals surface area contributed by atoms with Crippen LogP contribution in [0, 0.1) is 0 Å². The van der Waals surface area contributed by atoms with Gasteiger partial charge in [-0.3, -0.25) is 4.79 Å². The van der Waals surface area contributed by atoms with Gasteiger partial charge in [0, 0.05) is 30.7 Å². The lowest BCUT2D eigenvalue weighted by Gasteiger charge is -2.32. The van der Waals surface area contributed by atoms with Crippen LogP contribution in [0.2, 0.25) is 5.02 Å². The Balaban J connectivity index is 1.37. The van der Waals surface area contributed by atoms with Crippen LogP contribution >= 0.6 is 11.6 Å². The lowest BCUT2D eigenvalue weighted by Crippen LogP contribution is -2.48. The third kappa shape index (κ3) is 5.31. The summed E-state index contributed by atoms with van der Waals surface area (Å²) in [6.45, 7) is 1.80. The second-order valence-corrected chi connectivity index (χ2v) is 9.89. The second kappa shape index (κ2) is 9.46. The molecule has 2 aromatic rings. The summed E-state index contributed by atoms with van der Waals surface area (Å²) in [6.07, 6.45) is 2.98. The molecule has 166 valence electrons. The van der Waals surface area contributed by atoms with E-state index in [1.807, 2.05) is 17.0 Å². The second-order valence-electron chi connectivity index (χ2n) is 7.69. The van der Waals surface area contributed by atoms with Crippen molar-refractivity contribution in [3.8, 4) is 11.5 Å². The number of sulfonamides is 1. The number of carbonyl (C=O) groups excluding carboxylic acids is 1. The van der Waals surface area contributed by atoms with E-state index >= 15 is 0 Å². The molecule has 2 aromatic carbocycles. The summed E-state index contributed by atoms with van der Waals surface area (Å²) < 4.78 is 39.4. The van der Waals surface area contributed by atoms with Gasteiger partial charge in [-0.25, -0.2) is 13.1 Å². The lowest BCUT2D eigenvalue weighted by molar-refractivity contribution is -0.142. The number of nitrogens with zero attached hydrogens (tertiary/aromatic N) is 1. The van der Waals surface area contributed by atoms with Crippen molar-refractivity contribution in [3.63, 3.8) is 0 Å². The number of rotatable bonds is 6. The SMILES string of the molecule is O=C([C@@H]1COc2cc(S(=O)(=O)NCCc3ccc(Cl)cc3)ccc2O1)N1CCCCC1. The van der Waals surface area contributed by atoms with Crippen LogP contribution in [0.1, 0.15) is 24.8 Å². The van der Waals surface area contributed by atoms with E-state index in [1.165, 1.54) is 12.1 Å². The van der Waals surface area contributed by atoms with Crippen LogP contribution in [0.3, 0.4) is 0 Å². The van der Waals surface area contributed by atoms with Crippen LogP contribution in [0.4, 0.5) is 0 Å². The molecule has 9 heteroatoms. The van der Waals surface area contributed by atoms with Gasteiger partial charge in [-0.1, -0.05) is 23.7 Å². The molecule has 0 spiro atoms. The van der Waals surface area contributed by atoms with Crippen molar-refractivity contribution in [2.24, 2.45) is 0 Å². The average Bonchev–Trinajstić information content (AvgIpc) is 2.79. The Morgan fingerprint density at radius 3 is 2.55 bits per heavy atom. The number of nitrogens with one attached hydrogen (secondary N) is 1. The molecule has 31 heavy (non-hydrogen) atoms. The average molecular weight is 465 g/mol. The van der Waals surface area contributed by atoms with Crippen LogP contribution in [-0.2, 0) is 21.2 Å². The van der Waals surface area contributed by atoms with Gasteiger partial charge < -0.3 is 14.4 Å². The Bertz CT molecular complexity index is 1040. The molecule has 1 atom stereocenters. The van der Waals surface area contributed by atoms with E-state index in [0.29, 0.717) is 22.9 Å². The van der Waals surface area contributed by atoms with E-state index in [0.717, 1.165) is 37.9 Å². The molecule has 2 aliphatic heterocycles. The molecular weight excluding hydrogens is 440 g/mol. The highest BCUT2D eigenvalue weighted by Crippen LogP contribution is 2.34. The van der Waals surface area contributed by atoms with Gasteiger partial charge in [-0.05, 0) is 55.5 Å². The lowest BCUT2D eigenvalue weighted by atomic mass is 10.1. The third-order valence-electron chi connectivity index (χ3n) is 5.45. The van der Waals surface area contributed by atoms with Gasteiger partial charge in [0.1, 0.15) is 6.61 Å². The number of piperidine rings is 1. The first-order valence-electron chi connectivity index (χ1n) is 10.4. The fourth-order valence-electron chi connectivity index (χ4n) is 3.72. The van der Waals surface area contributed by atoms with Gasteiger partial charge >= 0.3 is 0 Å². The topological polar surface area (TPSA) is 84.9 Å². The van der Waals surface area contributed by atoms with E-state index in [1.54, 1.807) is 18.2 Å². The molecular formula is C22H25ClN2O5S. The highest BCUT2D eigenvalue weighted by atomic mass is 35.5. The number of hydrogen-bond donors (Lipinski definition) is 1. The van der Waals surface area contributed by atoms with Crippen LogP contribution in [-0.4, -0.2) is 51.6 Å². The minimum absolute atomic E-state index is 0.0653. The molecule has 0 saturated carbocycles. The molecule has 1 amide bonds. The van der Waals surface area contributed by atoms with E-state index < -0.39 is 16.1 Å². The number of benzene rings is 2. The maximum atomic E-state index is 12.7. The minimum atomic E-state index is -3.71. The first-order chi connectivity index (χ1) is 14.9. The Hall–Kier alpha value is -2.29. The number of carbonyl (C=O) groups is 1. The van der Waals surface area contributed by atoms with Crippen molar-refractivity contribution < 1.29 is 22.7 Å². The summed E-state index contributed by atoms with van der Waals surface area (Å²) in [4.78, 5) is 14.6. The molecule has 2 heterocycles. The summed E-state index contributed by atoms with van der Waals surface area (Å²) in [5.41, 5.74) is 0.985. The van der Waals surface area contributed by atoms with E-state index in [2.05, 4.69) is 4.72 Å². The normalized spacial score (nSPS) is 18.6. The molecule has 1 saturated heterocycles. The summed E-state index contributed by atoms with van der Waals surface area (Å²) in [6, 6.07) is 11.7. The van der Waals surface area contributed by atoms with Crippen LogP contribution in [0.25, 0.3) is 0 Å². The van der Waals surface area contributed by atoms with E-state index in [-0.39, 0.29) is 24.0 Å². The molecule has 2 aliphatic rings. The van der Waals surface area contributed by atoms with Gasteiger partial charge in [-0.15, -0.1) is 0 Å². The Labute approximate surface area is 187 Å². The van der Waals surface area contributed by atoms with Crippen molar-refractivity contribution in [1.29, 1.82) is 0 Å². The Kier molecular flexibility index (Phi) is 6.69. The number of likely N-dealkylation sites (tertiary alicyclic amines) is 1. The zero-order valence-corrected chi connectivity index (χ0v) is 18.6. The highest BCUT2D eigenvalue weighted by molar-refractivity contribution is 7.89. The van der Waals surface area contributed by atoms with E-state index in [9.17, 15) is 13.2 Å². The largest absolute Gasteiger partial charge is 0.485 e. The molecule has 0 bridgehead atoms. The maximum Gasteiger partial charge on any atom is 0.267 e. The van der Waals surface area contributed by atoms with Gasteiger partial charge in [0.05, 0.1) is 4.90 Å². The van der Waals surface area contributed by atoms with Crippen LogP contribution in [0.5, 0.6) is 11.5 Å². The number of amides is 1. The first kappa shape index (κ1) is 21.9. The van der Waals surface area contributed by atoms with Crippen LogP contribution < -0.4 is 14.2 Å². The molecule has 1 N–H and O–H groups in total. The number of fused-ring (bicyclic) bond motifs is 1. The predicted molar refractivity (Wildman–Crippen MR) is 117 cm³/mol. The predicted octanol–water partition coefficient (Wildman–Crippen LogP) is 3.01.